The van der Waals surface area contributed by atoms with E-state index >= 15 is 0 Å². The lowest BCUT2D eigenvalue weighted by Crippen LogP contribution is -2.38. The van der Waals surface area contributed by atoms with Crippen molar-refractivity contribution in [3.63, 3.8) is 0 Å². The highest BCUT2D eigenvalue weighted by atomic mass is 16.5. The number of aryl methyl sites for hydroxylation is 1. The SMILES string of the molecule is CC[C@H](NC(=O)[C@@H](C)Oc1cccc(OC)c1)c1ccc(C)cc1. The van der Waals surface area contributed by atoms with Crippen molar-refractivity contribution < 1.29 is 14.3 Å². The molecular formula is C20H25NO3. The summed E-state index contributed by atoms with van der Waals surface area (Å²) < 4.78 is 10.9. The molecule has 0 fully saturated rings. The Morgan fingerprint density at radius 1 is 1.12 bits per heavy atom. The van der Waals surface area contributed by atoms with Gasteiger partial charge in [-0.15, -0.1) is 0 Å². The maximum atomic E-state index is 12.4. The number of nitrogens with one attached hydrogen (secondary N) is 1. The third-order valence-electron chi connectivity index (χ3n) is 3.93. The van der Waals surface area contributed by atoms with Gasteiger partial charge < -0.3 is 14.8 Å². The Morgan fingerprint density at radius 2 is 1.79 bits per heavy atom. The number of carbonyl (C=O) groups is 1. The van der Waals surface area contributed by atoms with Gasteiger partial charge in [-0.05, 0) is 38.0 Å². The molecule has 0 bridgehead atoms. The second kappa shape index (κ2) is 8.39. The van der Waals surface area contributed by atoms with E-state index in [0.29, 0.717) is 11.5 Å². The number of hydrogen-bond acceptors (Lipinski definition) is 3. The summed E-state index contributed by atoms with van der Waals surface area (Å²) in [6.07, 6.45) is 0.234. The van der Waals surface area contributed by atoms with Crippen molar-refractivity contribution in [3.8, 4) is 11.5 Å². The van der Waals surface area contributed by atoms with Crippen molar-refractivity contribution in [2.45, 2.75) is 39.3 Å². The van der Waals surface area contributed by atoms with Gasteiger partial charge in [0, 0.05) is 6.07 Å². The molecule has 1 N–H and O–H groups in total. The van der Waals surface area contributed by atoms with Crippen molar-refractivity contribution in [1.29, 1.82) is 0 Å². The molecule has 0 saturated heterocycles. The van der Waals surface area contributed by atoms with Gasteiger partial charge in [0.25, 0.3) is 5.91 Å². The first kappa shape index (κ1) is 17.9. The molecule has 0 aliphatic heterocycles. The van der Waals surface area contributed by atoms with Crippen LogP contribution < -0.4 is 14.8 Å². The van der Waals surface area contributed by atoms with Gasteiger partial charge in [0.1, 0.15) is 11.5 Å². The molecule has 24 heavy (non-hydrogen) atoms. The molecule has 128 valence electrons. The summed E-state index contributed by atoms with van der Waals surface area (Å²) in [5.74, 6) is 1.18. The van der Waals surface area contributed by atoms with Crippen LogP contribution in [0.4, 0.5) is 0 Å². The molecule has 0 aliphatic rings. The van der Waals surface area contributed by atoms with Crippen molar-refractivity contribution in [2.75, 3.05) is 7.11 Å². The van der Waals surface area contributed by atoms with E-state index < -0.39 is 6.10 Å². The summed E-state index contributed by atoms with van der Waals surface area (Å²) in [5.41, 5.74) is 2.31. The predicted molar refractivity (Wildman–Crippen MR) is 95.4 cm³/mol. The molecule has 2 rings (SSSR count). The van der Waals surface area contributed by atoms with Crippen LogP contribution in [0.5, 0.6) is 11.5 Å². The molecule has 4 nitrogen and oxygen atoms in total. The lowest BCUT2D eigenvalue weighted by molar-refractivity contribution is -0.128. The number of carbonyl (C=O) groups excluding carboxylic acids is 1. The lowest BCUT2D eigenvalue weighted by Gasteiger charge is -2.21. The topological polar surface area (TPSA) is 47.6 Å². The molecule has 0 saturated carbocycles. The summed E-state index contributed by atoms with van der Waals surface area (Å²) in [4.78, 5) is 12.4. The van der Waals surface area contributed by atoms with Gasteiger partial charge in [0.2, 0.25) is 0 Å². The molecule has 1 amide bonds. The van der Waals surface area contributed by atoms with E-state index in [0.717, 1.165) is 12.0 Å². The van der Waals surface area contributed by atoms with Gasteiger partial charge >= 0.3 is 0 Å². The van der Waals surface area contributed by atoms with Gasteiger partial charge in [-0.3, -0.25) is 4.79 Å². The number of benzene rings is 2. The maximum absolute atomic E-state index is 12.4. The Labute approximate surface area is 143 Å². The minimum absolute atomic E-state index is 0.0190. The fourth-order valence-electron chi connectivity index (χ4n) is 2.44. The summed E-state index contributed by atoms with van der Waals surface area (Å²) >= 11 is 0. The highest BCUT2D eigenvalue weighted by molar-refractivity contribution is 5.81. The molecule has 2 aromatic rings. The average molecular weight is 327 g/mol. The second-order valence-corrected chi connectivity index (χ2v) is 5.82. The fraction of sp³-hybridized carbons (Fsp3) is 0.350. The van der Waals surface area contributed by atoms with Crippen LogP contribution in [-0.2, 0) is 4.79 Å². The van der Waals surface area contributed by atoms with Gasteiger partial charge in [0.05, 0.1) is 13.2 Å². The Morgan fingerprint density at radius 3 is 2.42 bits per heavy atom. The monoisotopic (exact) mass is 327 g/mol. The van der Waals surface area contributed by atoms with E-state index in [4.69, 9.17) is 9.47 Å². The summed E-state index contributed by atoms with van der Waals surface area (Å²) in [5, 5.41) is 3.06. The zero-order valence-corrected chi connectivity index (χ0v) is 14.7. The molecule has 2 atom stereocenters. The standard InChI is InChI=1S/C20H25NO3/c1-5-19(16-11-9-14(2)10-12-16)21-20(22)15(3)24-18-8-6-7-17(13-18)23-4/h6-13,15,19H,5H2,1-4H3,(H,21,22)/t15-,19+/m1/s1. The molecule has 0 spiro atoms. The molecule has 0 unspecified atom stereocenters. The Bertz CT molecular complexity index is 667. The molecule has 0 heterocycles. The third-order valence-corrected chi connectivity index (χ3v) is 3.93. The van der Waals surface area contributed by atoms with Crippen molar-refractivity contribution in [2.24, 2.45) is 0 Å². The quantitative estimate of drug-likeness (QED) is 0.835. The van der Waals surface area contributed by atoms with E-state index in [1.807, 2.05) is 25.1 Å². The van der Waals surface area contributed by atoms with E-state index in [-0.39, 0.29) is 11.9 Å². The van der Waals surface area contributed by atoms with Crippen LogP contribution in [0.3, 0.4) is 0 Å². The van der Waals surface area contributed by atoms with Crippen LogP contribution >= 0.6 is 0 Å². The van der Waals surface area contributed by atoms with E-state index in [1.54, 1.807) is 20.1 Å². The number of methoxy groups -OCH3 is 1. The summed E-state index contributed by atoms with van der Waals surface area (Å²) in [7, 11) is 1.60. The predicted octanol–water partition coefficient (Wildman–Crippen LogP) is 4.04. The minimum Gasteiger partial charge on any atom is -0.497 e. The molecule has 0 aliphatic carbocycles. The fourth-order valence-corrected chi connectivity index (χ4v) is 2.44. The van der Waals surface area contributed by atoms with E-state index in [1.165, 1.54) is 5.56 Å². The first-order valence-electron chi connectivity index (χ1n) is 8.21. The van der Waals surface area contributed by atoms with Crippen molar-refractivity contribution in [3.05, 3.63) is 59.7 Å². The van der Waals surface area contributed by atoms with Crippen LogP contribution in [0.25, 0.3) is 0 Å². The molecule has 2 aromatic carbocycles. The highest BCUT2D eigenvalue weighted by Gasteiger charge is 2.19. The molecular weight excluding hydrogens is 302 g/mol. The van der Waals surface area contributed by atoms with Gasteiger partial charge in [-0.25, -0.2) is 0 Å². The first-order chi connectivity index (χ1) is 11.5. The molecule has 0 radical (unpaired) electrons. The van der Waals surface area contributed by atoms with Crippen LogP contribution in [-0.4, -0.2) is 19.1 Å². The molecule has 4 heteroatoms. The highest BCUT2D eigenvalue weighted by Crippen LogP contribution is 2.21. The third kappa shape index (κ3) is 4.75. The van der Waals surface area contributed by atoms with Crippen LogP contribution in [0.15, 0.2) is 48.5 Å². The number of ether oxygens (including phenoxy) is 2. The largest absolute Gasteiger partial charge is 0.497 e. The molecule has 0 aromatic heterocycles. The smallest absolute Gasteiger partial charge is 0.261 e. The van der Waals surface area contributed by atoms with Gasteiger partial charge in [-0.2, -0.15) is 0 Å². The van der Waals surface area contributed by atoms with Crippen molar-refractivity contribution >= 4 is 5.91 Å². The summed E-state index contributed by atoms with van der Waals surface area (Å²) in [6.45, 7) is 5.85. The maximum Gasteiger partial charge on any atom is 0.261 e. The Hall–Kier alpha value is -2.49. The van der Waals surface area contributed by atoms with Crippen LogP contribution in [0.2, 0.25) is 0 Å². The number of hydrogen-bond donors (Lipinski definition) is 1. The minimum atomic E-state index is -0.586. The van der Waals surface area contributed by atoms with Gasteiger partial charge in [0.15, 0.2) is 6.10 Å². The Balaban J connectivity index is 2.00. The van der Waals surface area contributed by atoms with Crippen molar-refractivity contribution in [1.82, 2.24) is 5.32 Å². The normalized spacial score (nSPS) is 13.0. The van der Waals surface area contributed by atoms with Crippen LogP contribution in [0, 0.1) is 6.92 Å². The van der Waals surface area contributed by atoms with E-state index in [2.05, 4.69) is 36.5 Å². The second-order valence-electron chi connectivity index (χ2n) is 5.82. The average Bonchev–Trinajstić information content (AvgIpc) is 2.60. The van der Waals surface area contributed by atoms with E-state index in [9.17, 15) is 4.79 Å². The zero-order valence-electron chi connectivity index (χ0n) is 14.7. The lowest BCUT2D eigenvalue weighted by atomic mass is 10.0. The number of amides is 1. The number of rotatable bonds is 7. The Kier molecular flexibility index (Phi) is 6.24. The first-order valence-corrected chi connectivity index (χ1v) is 8.21. The summed E-state index contributed by atoms with van der Waals surface area (Å²) in [6, 6.07) is 15.4. The zero-order chi connectivity index (χ0) is 17.5. The van der Waals surface area contributed by atoms with Crippen LogP contribution in [0.1, 0.15) is 37.4 Å². The van der Waals surface area contributed by atoms with Gasteiger partial charge in [-0.1, -0.05) is 42.8 Å².